The summed E-state index contributed by atoms with van der Waals surface area (Å²) < 4.78 is 28.2. The molecule has 0 aromatic heterocycles. The third-order valence-electron chi connectivity index (χ3n) is 10.4. The van der Waals surface area contributed by atoms with Crippen LogP contribution in [0.4, 0.5) is 0 Å². The summed E-state index contributed by atoms with van der Waals surface area (Å²) in [5.41, 5.74) is 0. The Kier molecular flexibility index (Phi) is 43.0. The van der Waals surface area contributed by atoms with Gasteiger partial charge in [-0.3, -0.25) is 14.4 Å². The summed E-state index contributed by atoms with van der Waals surface area (Å²) in [7, 11) is 0. The van der Waals surface area contributed by atoms with Crippen LogP contribution in [0.2, 0.25) is 0 Å². The van der Waals surface area contributed by atoms with Crippen molar-refractivity contribution in [2.45, 2.75) is 239 Å². The quantitative estimate of drug-likeness (QED) is 0.0278. The van der Waals surface area contributed by atoms with Crippen molar-refractivity contribution >= 4 is 17.9 Å². The molecule has 0 saturated heterocycles. The lowest BCUT2D eigenvalue weighted by molar-refractivity contribution is -0.161. The fourth-order valence-corrected chi connectivity index (χ4v) is 6.63. The highest BCUT2D eigenvalue weighted by Crippen LogP contribution is 2.15. The fourth-order valence-electron chi connectivity index (χ4n) is 6.63. The van der Waals surface area contributed by atoms with Gasteiger partial charge >= 0.3 is 17.9 Å². The van der Waals surface area contributed by atoms with Crippen LogP contribution in [-0.2, 0) is 38.1 Å². The van der Waals surface area contributed by atoms with Crippen molar-refractivity contribution in [3.05, 3.63) is 0 Å². The molecule has 0 bridgehead atoms. The SMILES string of the molecule is CCCCCCCCCCCCCCOC(=O)CCCCCCCC(=O)OCC(CO)COC(=O)CCC(OCCCCCCCC)OCCCCCCCC. The second-order valence-corrected chi connectivity index (χ2v) is 16.0. The lowest BCUT2D eigenvalue weighted by atomic mass is 10.1. The van der Waals surface area contributed by atoms with Crippen molar-refractivity contribution in [3.8, 4) is 0 Å². The largest absolute Gasteiger partial charge is 0.466 e. The number of carbonyl (C=O) groups is 3. The average Bonchev–Trinajstić information content (AvgIpc) is 3.20. The van der Waals surface area contributed by atoms with Gasteiger partial charge in [0, 0.05) is 32.5 Å². The van der Waals surface area contributed by atoms with Gasteiger partial charge in [-0.05, 0) is 32.1 Å². The number of ether oxygens (including phenoxy) is 5. The Bertz CT molecular complexity index is 834. The molecule has 9 nitrogen and oxygen atoms in total. The Morgan fingerprint density at radius 2 is 0.714 bits per heavy atom. The molecule has 9 heteroatoms. The van der Waals surface area contributed by atoms with E-state index in [1.54, 1.807) is 0 Å². The lowest BCUT2D eigenvalue weighted by Crippen LogP contribution is -2.25. The van der Waals surface area contributed by atoms with Crippen molar-refractivity contribution in [1.29, 1.82) is 0 Å². The molecule has 1 N–H and O–H groups in total. The number of hydrogen-bond acceptors (Lipinski definition) is 9. The number of aliphatic hydroxyl groups is 1. The molecule has 0 fully saturated rings. The van der Waals surface area contributed by atoms with E-state index in [-0.39, 0.29) is 44.1 Å². The summed E-state index contributed by atoms with van der Waals surface area (Å²) in [5, 5.41) is 9.77. The van der Waals surface area contributed by atoms with Crippen LogP contribution in [0.1, 0.15) is 233 Å². The Balaban J connectivity index is 3.96. The van der Waals surface area contributed by atoms with Gasteiger partial charge in [-0.2, -0.15) is 0 Å². The standard InChI is InChI=1S/C47H90O9/c1-4-7-10-13-16-17-18-19-20-21-27-30-37-52-44(49)33-28-23-22-24-29-34-45(50)55-41-43(40-48)42-56-46(51)35-36-47(53-38-31-25-14-11-8-5-2)54-39-32-26-15-12-9-6-3/h43,47-48H,4-42H2,1-3H3. The van der Waals surface area contributed by atoms with E-state index < -0.39 is 12.2 Å². The number of carbonyl (C=O) groups excluding carboxylic acids is 3. The predicted octanol–water partition coefficient (Wildman–Crippen LogP) is 12.5. The van der Waals surface area contributed by atoms with Gasteiger partial charge in [0.15, 0.2) is 6.29 Å². The minimum absolute atomic E-state index is 0.00763. The summed E-state index contributed by atoms with van der Waals surface area (Å²) in [6, 6.07) is 0. The first-order valence-electron chi connectivity index (χ1n) is 23.8. The fraction of sp³-hybridized carbons (Fsp3) is 0.936. The molecule has 0 heterocycles. The second kappa shape index (κ2) is 44.4. The molecule has 0 aliphatic carbocycles. The molecule has 0 aromatic carbocycles. The minimum Gasteiger partial charge on any atom is -0.466 e. The van der Waals surface area contributed by atoms with E-state index in [0.717, 1.165) is 64.2 Å². The number of hydrogen-bond donors (Lipinski definition) is 1. The van der Waals surface area contributed by atoms with Crippen LogP contribution in [0, 0.1) is 5.92 Å². The van der Waals surface area contributed by atoms with Crippen LogP contribution in [0.25, 0.3) is 0 Å². The topological polar surface area (TPSA) is 118 Å². The first-order valence-corrected chi connectivity index (χ1v) is 23.8. The van der Waals surface area contributed by atoms with Crippen molar-refractivity contribution in [1.82, 2.24) is 0 Å². The number of aliphatic hydroxyl groups excluding tert-OH is 1. The third kappa shape index (κ3) is 40.5. The smallest absolute Gasteiger partial charge is 0.305 e. The average molecular weight is 799 g/mol. The van der Waals surface area contributed by atoms with Crippen molar-refractivity contribution in [2.75, 3.05) is 39.6 Å². The predicted molar refractivity (Wildman–Crippen MR) is 229 cm³/mol. The normalized spacial score (nSPS) is 11.9. The molecule has 0 aliphatic heterocycles. The maximum Gasteiger partial charge on any atom is 0.305 e. The van der Waals surface area contributed by atoms with E-state index in [2.05, 4.69) is 20.8 Å². The van der Waals surface area contributed by atoms with Gasteiger partial charge in [-0.15, -0.1) is 0 Å². The molecule has 1 unspecified atom stereocenters. The molecule has 0 radical (unpaired) electrons. The molecular formula is C47H90O9. The zero-order valence-corrected chi connectivity index (χ0v) is 36.9. The number of rotatable bonds is 45. The number of unbranched alkanes of at least 4 members (excludes halogenated alkanes) is 25. The van der Waals surface area contributed by atoms with Crippen molar-refractivity contribution in [3.63, 3.8) is 0 Å². The first-order chi connectivity index (χ1) is 27.5. The van der Waals surface area contributed by atoms with Crippen LogP contribution in [0.5, 0.6) is 0 Å². The zero-order valence-electron chi connectivity index (χ0n) is 36.9. The monoisotopic (exact) mass is 799 g/mol. The van der Waals surface area contributed by atoms with E-state index in [4.69, 9.17) is 23.7 Å². The van der Waals surface area contributed by atoms with E-state index in [1.807, 2.05) is 0 Å². The summed E-state index contributed by atoms with van der Waals surface area (Å²) in [5.74, 6) is -1.26. The molecule has 0 aliphatic rings. The zero-order chi connectivity index (χ0) is 41.0. The van der Waals surface area contributed by atoms with E-state index >= 15 is 0 Å². The Hall–Kier alpha value is -1.71. The molecule has 0 amide bonds. The molecule has 0 spiro atoms. The molecule has 0 saturated carbocycles. The Morgan fingerprint density at radius 3 is 1.11 bits per heavy atom. The summed E-state index contributed by atoms with van der Waals surface area (Å²) in [6.07, 6.45) is 34.9. The van der Waals surface area contributed by atoms with Gasteiger partial charge in [0.2, 0.25) is 0 Å². The third-order valence-corrected chi connectivity index (χ3v) is 10.4. The van der Waals surface area contributed by atoms with Crippen LogP contribution >= 0.6 is 0 Å². The molecular weight excluding hydrogens is 709 g/mol. The van der Waals surface area contributed by atoms with Gasteiger partial charge in [-0.1, -0.05) is 175 Å². The Labute approximate surface area is 344 Å². The highest BCUT2D eigenvalue weighted by Gasteiger charge is 2.17. The van der Waals surface area contributed by atoms with Crippen LogP contribution < -0.4 is 0 Å². The van der Waals surface area contributed by atoms with E-state index in [0.29, 0.717) is 45.5 Å². The maximum atomic E-state index is 12.5. The van der Waals surface area contributed by atoms with Crippen molar-refractivity contribution < 1.29 is 43.2 Å². The molecule has 56 heavy (non-hydrogen) atoms. The molecule has 0 rings (SSSR count). The molecule has 1 atom stereocenters. The summed E-state index contributed by atoms with van der Waals surface area (Å²) in [4.78, 5) is 36.8. The number of esters is 3. The van der Waals surface area contributed by atoms with Crippen LogP contribution in [-0.4, -0.2) is 68.9 Å². The van der Waals surface area contributed by atoms with Crippen molar-refractivity contribution in [2.24, 2.45) is 5.92 Å². The van der Waals surface area contributed by atoms with Crippen LogP contribution in [0.15, 0.2) is 0 Å². The summed E-state index contributed by atoms with van der Waals surface area (Å²) in [6.45, 7) is 8.22. The minimum atomic E-state index is -0.467. The summed E-state index contributed by atoms with van der Waals surface area (Å²) >= 11 is 0. The Morgan fingerprint density at radius 1 is 0.393 bits per heavy atom. The van der Waals surface area contributed by atoms with Gasteiger partial charge in [0.05, 0.1) is 38.8 Å². The van der Waals surface area contributed by atoms with Gasteiger partial charge < -0.3 is 28.8 Å². The van der Waals surface area contributed by atoms with E-state index in [1.165, 1.54) is 116 Å². The van der Waals surface area contributed by atoms with Crippen LogP contribution in [0.3, 0.4) is 0 Å². The highest BCUT2D eigenvalue weighted by molar-refractivity contribution is 5.70. The van der Waals surface area contributed by atoms with Gasteiger partial charge in [0.1, 0.15) is 0 Å². The molecule has 0 aromatic rings. The highest BCUT2D eigenvalue weighted by atomic mass is 16.7. The second-order valence-electron chi connectivity index (χ2n) is 16.0. The van der Waals surface area contributed by atoms with Gasteiger partial charge in [0.25, 0.3) is 0 Å². The lowest BCUT2D eigenvalue weighted by Gasteiger charge is -2.19. The first kappa shape index (κ1) is 54.3. The maximum absolute atomic E-state index is 12.5. The molecule has 332 valence electrons. The van der Waals surface area contributed by atoms with E-state index in [9.17, 15) is 19.5 Å². The van der Waals surface area contributed by atoms with Gasteiger partial charge in [-0.25, -0.2) is 0 Å².